The van der Waals surface area contributed by atoms with Gasteiger partial charge in [0.05, 0.1) is 17.3 Å². The molecule has 0 spiro atoms. The molecule has 0 radical (unpaired) electrons. The fourth-order valence-corrected chi connectivity index (χ4v) is 3.95. The van der Waals surface area contributed by atoms with Crippen molar-refractivity contribution < 1.29 is 28.5 Å². The topological polar surface area (TPSA) is 96.0 Å². The molecule has 3 aromatic rings. The fourth-order valence-electron chi connectivity index (χ4n) is 3.79. The molecule has 178 valence electrons. The number of H-pyrrole nitrogens is 1. The third kappa shape index (κ3) is 5.01. The summed E-state index contributed by atoms with van der Waals surface area (Å²) >= 11 is 6.03. The molecule has 8 nitrogen and oxygen atoms in total. The first-order valence-corrected chi connectivity index (χ1v) is 10.4. The van der Waals surface area contributed by atoms with Crippen LogP contribution in [0.1, 0.15) is 14.8 Å². The number of aromatic nitrogens is 4. The van der Waals surface area contributed by atoms with Crippen molar-refractivity contribution in [1.29, 1.82) is 0 Å². The molecule has 0 saturated carbocycles. The van der Waals surface area contributed by atoms with Gasteiger partial charge in [0.1, 0.15) is 18.2 Å². The normalized spacial score (nSPS) is 18.8. The van der Waals surface area contributed by atoms with E-state index in [0.717, 1.165) is 6.20 Å². The summed E-state index contributed by atoms with van der Waals surface area (Å²) in [6.45, 7) is 0.666. The van der Waals surface area contributed by atoms with Crippen LogP contribution in [0.25, 0.3) is 22.4 Å². The van der Waals surface area contributed by atoms with Gasteiger partial charge in [0.15, 0.2) is 17.5 Å². The molecule has 1 unspecified atom stereocenters. The highest BCUT2D eigenvalue weighted by Gasteiger charge is 2.40. The first-order chi connectivity index (χ1) is 15.7. The van der Waals surface area contributed by atoms with Gasteiger partial charge in [-0.1, -0.05) is 11.6 Å². The van der Waals surface area contributed by atoms with Crippen molar-refractivity contribution in [1.82, 2.24) is 25.3 Å². The Morgan fingerprint density at radius 1 is 1.39 bits per heavy atom. The third-order valence-electron chi connectivity index (χ3n) is 5.17. The molecule has 1 aliphatic rings. The zero-order chi connectivity index (χ0) is 23.8. The summed E-state index contributed by atoms with van der Waals surface area (Å²) < 4.78 is 58.2. The third-order valence-corrected chi connectivity index (χ3v) is 5.37. The van der Waals surface area contributed by atoms with Crippen LogP contribution in [0.4, 0.5) is 23.4 Å². The lowest BCUT2D eigenvalue weighted by Crippen LogP contribution is -2.46. The number of nitrogens with zero attached hydrogens (tertiary/aromatic N) is 4. The molecule has 2 N–H and O–H groups in total. The monoisotopic (exact) mass is 488 g/mol. The van der Waals surface area contributed by atoms with Crippen LogP contribution in [-0.2, 0) is 9.53 Å². The zero-order valence-electron chi connectivity index (χ0n) is 17.3. The van der Waals surface area contributed by atoms with E-state index in [4.69, 9.17) is 16.3 Å². The van der Waals surface area contributed by atoms with E-state index in [1.54, 1.807) is 19.2 Å². The van der Waals surface area contributed by atoms with Crippen LogP contribution in [0, 0.1) is 5.82 Å². The number of carbonyl (C=O) groups excluding carboxylic acids is 1. The SMILES string of the molecule is CCOC1C[C@H](C(=O)NCC(F)(F)F)N(c2nc(-c3c[nH]c4ncc(Cl)cc34)ncc2F)C1.[HH]. The quantitative estimate of drug-likeness (QED) is 0.513. The van der Waals surface area contributed by atoms with Crippen LogP contribution in [0.15, 0.2) is 24.7 Å². The van der Waals surface area contributed by atoms with Gasteiger partial charge in [0, 0.05) is 44.3 Å². The summed E-state index contributed by atoms with van der Waals surface area (Å²) in [6, 6.07) is 0.552. The molecular formula is C20H21ClF4N6O2. The highest BCUT2D eigenvalue weighted by atomic mass is 35.5. The number of pyridine rings is 1. The lowest BCUT2D eigenvalue weighted by atomic mass is 10.2. The number of fused-ring (bicyclic) bond motifs is 1. The van der Waals surface area contributed by atoms with E-state index in [1.165, 1.54) is 11.1 Å². The zero-order valence-corrected chi connectivity index (χ0v) is 18.0. The Labute approximate surface area is 191 Å². The maximum absolute atomic E-state index is 14.8. The Morgan fingerprint density at radius 2 is 2.18 bits per heavy atom. The molecule has 1 amide bonds. The van der Waals surface area contributed by atoms with E-state index in [0.29, 0.717) is 28.2 Å². The Hall–Kier alpha value is -2.99. The molecule has 4 heterocycles. The van der Waals surface area contributed by atoms with E-state index < -0.39 is 36.6 Å². The smallest absolute Gasteiger partial charge is 0.377 e. The lowest BCUT2D eigenvalue weighted by Gasteiger charge is -2.25. The van der Waals surface area contributed by atoms with Gasteiger partial charge in [-0.05, 0) is 13.0 Å². The number of hydrogen-bond donors (Lipinski definition) is 2. The number of anilines is 1. The van der Waals surface area contributed by atoms with Gasteiger partial charge in [-0.2, -0.15) is 13.2 Å². The molecule has 0 aliphatic carbocycles. The maximum atomic E-state index is 14.8. The average Bonchev–Trinajstić information content (AvgIpc) is 3.36. The first kappa shape index (κ1) is 23.2. The van der Waals surface area contributed by atoms with Gasteiger partial charge in [-0.3, -0.25) is 4.79 Å². The van der Waals surface area contributed by atoms with Crippen LogP contribution >= 0.6 is 11.6 Å². The minimum absolute atomic E-state index is 0. The minimum atomic E-state index is -4.57. The van der Waals surface area contributed by atoms with Crippen LogP contribution in [0.3, 0.4) is 0 Å². The second-order valence-corrected chi connectivity index (χ2v) is 7.87. The number of hydrogen-bond acceptors (Lipinski definition) is 6. The van der Waals surface area contributed by atoms with Gasteiger partial charge >= 0.3 is 6.18 Å². The van der Waals surface area contributed by atoms with Crippen molar-refractivity contribution in [2.45, 2.75) is 31.7 Å². The number of aromatic amines is 1. The second kappa shape index (κ2) is 9.10. The number of alkyl halides is 3. The maximum Gasteiger partial charge on any atom is 0.405 e. The highest BCUT2D eigenvalue weighted by Crippen LogP contribution is 2.32. The summed E-state index contributed by atoms with van der Waals surface area (Å²) in [5.41, 5.74) is 1.02. The van der Waals surface area contributed by atoms with Crippen molar-refractivity contribution in [3.8, 4) is 11.4 Å². The molecule has 13 heteroatoms. The minimum Gasteiger partial charge on any atom is -0.377 e. The molecular weight excluding hydrogens is 468 g/mol. The molecule has 0 bridgehead atoms. The van der Waals surface area contributed by atoms with Crippen LogP contribution in [0.5, 0.6) is 0 Å². The number of nitrogens with one attached hydrogen (secondary N) is 2. The summed E-state index contributed by atoms with van der Waals surface area (Å²) in [5.74, 6) is -1.78. The van der Waals surface area contributed by atoms with Gasteiger partial charge in [0.25, 0.3) is 0 Å². The van der Waals surface area contributed by atoms with Crippen molar-refractivity contribution in [2.75, 3.05) is 24.6 Å². The second-order valence-electron chi connectivity index (χ2n) is 7.43. The molecule has 4 rings (SSSR count). The highest BCUT2D eigenvalue weighted by molar-refractivity contribution is 6.31. The van der Waals surface area contributed by atoms with Crippen molar-refractivity contribution in [3.05, 3.63) is 35.5 Å². The molecule has 1 saturated heterocycles. The predicted molar refractivity (Wildman–Crippen MR) is 114 cm³/mol. The van der Waals surface area contributed by atoms with Gasteiger partial charge < -0.3 is 19.9 Å². The van der Waals surface area contributed by atoms with E-state index in [1.807, 2.05) is 5.32 Å². The standard InChI is InChI=1S/C20H19ClF4N6O2.H2/c1-2-33-11-4-15(19(32)29-9-20(23,24)25)31(8-11)18-14(22)7-28-17(30-18)13-6-27-16-12(13)3-10(21)5-26-16;/h3,5-7,11,15H,2,4,8-9H2,1H3,(H,26,27)(H,29,32);1H/t11?,15-;/m1./s1. The Balaban J connectivity index is 0.00000324. The number of carbonyl (C=O) groups is 1. The molecule has 33 heavy (non-hydrogen) atoms. The Kier molecular flexibility index (Phi) is 6.39. The molecule has 3 aromatic heterocycles. The van der Waals surface area contributed by atoms with Crippen LogP contribution < -0.4 is 10.2 Å². The molecule has 1 aliphatic heterocycles. The van der Waals surface area contributed by atoms with E-state index in [2.05, 4.69) is 19.9 Å². The first-order valence-electron chi connectivity index (χ1n) is 10.0. The summed E-state index contributed by atoms with van der Waals surface area (Å²) in [4.78, 5) is 29.3. The van der Waals surface area contributed by atoms with Gasteiger partial charge in [-0.15, -0.1) is 0 Å². The van der Waals surface area contributed by atoms with Crippen LogP contribution in [-0.4, -0.2) is 63.9 Å². The molecule has 0 aromatic carbocycles. The Bertz CT molecular complexity index is 1180. The van der Waals surface area contributed by atoms with Crippen LogP contribution in [0.2, 0.25) is 5.02 Å². The largest absolute Gasteiger partial charge is 0.405 e. The predicted octanol–water partition coefficient (Wildman–Crippen LogP) is 3.72. The number of ether oxygens (including phenoxy) is 1. The van der Waals surface area contributed by atoms with Crippen molar-refractivity contribution >= 4 is 34.4 Å². The fraction of sp³-hybridized carbons (Fsp3) is 0.400. The summed E-state index contributed by atoms with van der Waals surface area (Å²) in [7, 11) is 0. The average molecular weight is 489 g/mol. The van der Waals surface area contributed by atoms with Crippen molar-refractivity contribution in [2.24, 2.45) is 0 Å². The number of halogens is 5. The molecule has 1 fully saturated rings. The lowest BCUT2D eigenvalue weighted by molar-refractivity contribution is -0.139. The summed E-state index contributed by atoms with van der Waals surface area (Å²) in [5, 5.41) is 2.85. The number of rotatable bonds is 6. The van der Waals surface area contributed by atoms with Gasteiger partial charge in [-0.25, -0.2) is 19.3 Å². The Morgan fingerprint density at radius 3 is 2.91 bits per heavy atom. The van der Waals surface area contributed by atoms with E-state index >= 15 is 0 Å². The van der Waals surface area contributed by atoms with Gasteiger partial charge in [0.2, 0.25) is 5.91 Å². The van der Waals surface area contributed by atoms with E-state index in [-0.39, 0.29) is 26.0 Å². The molecule has 2 atom stereocenters. The van der Waals surface area contributed by atoms with E-state index in [9.17, 15) is 22.4 Å². The van der Waals surface area contributed by atoms with Crippen molar-refractivity contribution in [3.63, 3.8) is 0 Å². The number of amides is 1. The summed E-state index contributed by atoms with van der Waals surface area (Å²) in [6.07, 6.45) is -0.966.